The molecule has 0 saturated carbocycles. The predicted molar refractivity (Wildman–Crippen MR) is 65.9 cm³/mol. The monoisotopic (exact) mass is 220 g/mol. The first-order valence-corrected chi connectivity index (χ1v) is 6.30. The van der Waals surface area contributed by atoms with E-state index in [2.05, 4.69) is 36.0 Å². The van der Waals surface area contributed by atoms with Crippen molar-refractivity contribution in [2.75, 3.05) is 6.54 Å². The van der Waals surface area contributed by atoms with E-state index in [4.69, 9.17) is 0 Å². The average Bonchev–Trinajstić information content (AvgIpc) is 2.71. The van der Waals surface area contributed by atoms with E-state index in [9.17, 15) is 0 Å². The highest BCUT2D eigenvalue weighted by Gasteiger charge is 2.09. The summed E-state index contributed by atoms with van der Waals surface area (Å²) in [5.41, 5.74) is 2.42. The maximum absolute atomic E-state index is 4.47. The number of thioether (sulfide) groups is 1. The first kappa shape index (κ1) is 10.7. The molecule has 0 spiro atoms. The van der Waals surface area contributed by atoms with Gasteiger partial charge >= 0.3 is 0 Å². The second-order valence-electron chi connectivity index (χ2n) is 3.98. The molecule has 3 heteroatoms. The third kappa shape index (κ3) is 2.81. The van der Waals surface area contributed by atoms with Crippen molar-refractivity contribution in [1.29, 1.82) is 0 Å². The van der Waals surface area contributed by atoms with Gasteiger partial charge in [0.15, 0.2) is 0 Å². The summed E-state index contributed by atoms with van der Waals surface area (Å²) >= 11 is 1.80. The van der Waals surface area contributed by atoms with Crippen LogP contribution in [0.1, 0.15) is 32.3 Å². The van der Waals surface area contributed by atoms with Crippen LogP contribution in [0.15, 0.2) is 28.3 Å². The smallest absolute Gasteiger partial charge is 0.0962 e. The Bertz CT molecular complexity index is 354. The minimum absolute atomic E-state index is 0.590. The van der Waals surface area contributed by atoms with Crippen molar-refractivity contribution in [2.24, 2.45) is 4.99 Å². The molecule has 0 fully saturated rings. The fourth-order valence-electron chi connectivity index (χ4n) is 1.64. The van der Waals surface area contributed by atoms with Gasteiger partial charge in [-0.25, -0.2) is 4.98 Å². The summed E-state index contributed by atoms with van der Waals surface area (Å²) in [6.07, 6.45) is 4.26. The number of nitrogens with zero attached hydrogens (tertiary/aromatic N) is 2. The molecule has 0 atom stereocenters. The predicted octanol–water partition coefficient (Wildman–Crippen LogP) is 3.17. The lowest BCUT2D eigenvalue weighted by Crippen LogP contribution is -1.97. The van der Waals surface area contributed by atoms with Crippen LogP contribution < -0.4 is 0 Å². The Balaban J connectivity index is 2.10. The Morgan fingerprint density at radius 1 is 1.33 bits per heavy atom. The summed E-state index contributed by atoms with van der Waals surface area (Å²) < 4.78 is 0. The van der Waals surface area contributed by atoms with Crippen LogP contribution in [0, 0.1) is 0 Å². The molecule has 2 heterocycles. The topological polar surface area (TPSA) is 25.2 Å². The molecular formula is C12H16N2S. The first-order chi connectivity index (χ1) is 7.25. The van der Waals surface area contributed by atoms with Crippen LogP contribution in [0.2, 0.25) is 0 Å². The zero-order valence-corrected chi connectivity index (χ0v) is 10.0. The second-order valence-corrected chi connectivity index (χ2v) is 5.58. The van der Waals surface area contributed by atoms with Gasteiger partial charge in [0.2, 0.25) is 0 Å². The molecule has 2 nitrogen and oxygen atoms in total. The van der Waals surface area contributed by atoms with Crippen LogP contribution in [0.25, 0.3) is 0 Å². The number of rotatable bonds is 3. The lowest BCUT2D eigenvalue weighted by molar-refractivity contribution is 0.951. The van der Waals surface area contributed by atoms with Crippen LogP contribution in [-0.2, 0) is 0 Å². The zero-order chi connectivity index (χ0) is 10.7. The third-order valence-corrected chi connectivity index (χ3v) is 3.25. The Hall–Kier alpha value is -0.830. The summed E-state index contributed by atoms with van der Waals surface area (Å²) in [4.78, 5) is 8.91. The maximum Gasteiger partial charge on any atom is 0.0962 e. The van der Waals surface area contributed by atoms with Crippen LogP contribution in [0.5, 0.6) is 0 Å². The molecule has 0 N–H and O–H groups in total. The molecule has 0 aromatic carbocycles. The molecule has 0 radical (unpaired) electrons. The number of aromatic nitrogens is 1. The highest BCUT2D eigenvalue weighted by atomic mass is 32.2. The van der Waals surface area contributed by atoms with Gasteiger partial charge in [-0.15, -0.1) is 11.8 Å². The van der Waals surface area contributed by atoms with Gasteiger partial charge in [-0.1, -0.05) is 13.8 Å². The lowest BCUT2D eigenvalue weighted by atomic mass is 10.1. The molecule has 1 aliphatic rings. The van der Waals surface area contributed by atoms with E-state index in [0.29, 0.717) is 5.25 Å². The van der Waals surface area contributed by atoms with E-state index in [-0.39, 0.29) is 0 Å². The Kier molecular flexibility index (Phi) is 3.41. The minimum Gasteiger partial charge on any atom is -0.289 e. The largest absolute Gasteiger partial charge is 0.289 e. The molecule has 0 saturated heterocycles. The van der Waals surface area contributed by atoms with E-state index >= 15 is 0 Å². The molecule has 1 aliphatic heterocycles. The number of hydrogen-bond donors (Lipinski definition) is 0. The van der Waals surface area contributed by atoms with E-state index in [1.165, 1.54) is 17.7 Å². The highest BCUT2D eigenvalue weighted by Crippen LogP contribution is 2.21. The molecule has 0 unspecified atom stereocenters. The second kappa shape index (κ2) is 4.79. The molecule has 15 heavy (non-hydrogen) atoms. The van der Waals surface area contributed by atoms with Crippen LogP contribution in [0.4, 0.5) is 0 Å². The molecule has 1 aromatic heterocycles. The van der Waals surface area contributed by atoms with Crippen LogP contribution in [0.3, 0.4) is 0 Å². The molecule has 1 aromatic rings. The maximum atomic E-state index is 4.47. The van der Waals surface area contributed by atoms with Gasteiger partial charge in [-0.05, 0) is 25.0 Å². The molecule has 0 bridgehead atoms. The molecule has 0 aliphatic carbocycles. The van der Waals surface area contributed by atoms with Crippen molar-refractivity contribution >= 4 is 17.5 Å². The minimum atomic E-state index is 0.590. The van der Waals surface area contributed by atoms with Crippen molar-refractivity contribution < 1.29 is 0 Å². The lowest BCUT2D eigenvalue weighted by Gasteiger charge is -2.05. The highest BCUT2D eigenvalue weighted by molar-refractivity contribution is 7.99. The first-order valence-electron chi connectivity index (χ1n) is 5.42. The number of aliphatic imine (C=N–C) groups is 1. The van der Waals surface area contributed by atoms with Crippen molar-refractivity contribution in [3.05, 3.63) is 23.9 Å². The number of pyridine rings is 1. The van der Waals surface area contributed by atoms with Crippen molar-refractivity contribution in [3.8, 4) is 0 Å². The number of hydrogen-bond acceptors (Lipinski definition) is 3. The summed E-state index contributed by atoms with van der Waals surface area (Å²) in [6, 6.07) is 4.24. The summed E-state index contributed by atoms with van der Waals surface area (Å²) in [7, 11) is 0. The summed E-state index contributed by atoms with van der Waals surface area (Å²) in [5.74, 6) is 0. The molecular weight excluding hydrogens is 204 g/mol. The quantitative estimate of drug-likeness (QED) is 0.731. The zero-order valence-electron chi connectivity index (χ0n) is 9.23. The van der Waals surface area contributed by atoms with Gasteiger partial charge < -0.3 is 0 Å². The summed E-state index contributed by atoms with van der Waals surface area (Å²) in [5, 5.41) is 1.69. The van der Waals surface area contributed by atoms with Gasteiger partial charge in [-0.2, -0.15) is 0 Å². The Morgan fingerprint density at radius 2 is 2.20 bits per heavy atom. The van der Waals surface area contributed by atoms with Gasteiger partial charge in [0.05, 0.1) is 5.03 Å². The molecule has 80 valence electrons. The van der Waals surface area contributed by atoms with Crippen molar-refractivity contribution in [3.63, 3.8) is 0 Å². The Labute approximate surface area is 95.2 Å². The van der Waals surface area contributed by atoms with Crippen molar-refractivity contribution in [1.82, 2.24) is 4.98 Å². The van der Waals surface area contributed by atoms with Gasteiger partial charge in [0, 0.05) is 29.3 Å². The fraction of sp³-hybridized carbons (Fsp3) is 0.500. The summed E-state index contributed by atoms with van der Waals surface area (Å²) in [6.45, 7) is 5.35. The van der Waals surface area contributed by atoms with E-state index in [1.807, 2.05) is 6.20 Å². The SMILES string of the molecule is CC(C)Sc1ccc(C2=NCCC2)cn1. The standard InChI is InChI=1S/C12H16N2S/c1-9(2)15-12-6-5-10(8-14-12)11-4-3-7-13-11/h5-6,8-9H,3-4,7H2,1-2H3. The fourth-order valence-corrected chi connectivity index (χ4v) is 2.38. The van der Waals surface area contributed by atoms with Crippen molar-refractivity contribution in [2.45, 2.75) is 37.0 Å². The van der Waals surface area contributed by atoms with Gasteiger partial charge in [0.25, 0.3) is 0 Å². The Morgan fingerprint density at radius 3 is 2.73 bits per heavy atom. The van der Waals surface area contributed by atoms with Crippen LogP contribution in [-0.4, -0.2) is 22.5 Å². The molecule has 0 amide bonds. The third-order valence-electron chi connectivity index (χ3n) is 2.30. The molecule has 2 rings (SSSR count). The van der Waals surface area contributed by atoms with E-state index < -0.39 is 0 Å². The van der Waals surface area contributed by atoms with E-state index in [0.717, 1.165) is 18.0 Å². The van der Waals surface area contributed by atoms with Gasteiger partial charge in [0.1, 0.15) is 0 Å². The normalized spacial score (nSPS) is 15.8. The van der Waals surface area contributed by atoms with Gasteiger partial charge in [-0.3, -0.25) is 4.99 Å². The average molecular weight is 220 g/mol. The van der Waals surface area contributed by atoms with Crippen LogP contribution >= 0.6 is 11.8 Å². The van der Waals surface area contributed by atoms with E-state index in [1.54, 1.807) is 11.8 Å².